The number of amides is 1. The van der Waals surface area contributed by atoms with Gasteiger partial charge in [-0.15, -0.1) is 0 Å². The SMILES string of the molecule is Cc1c(-c2cc3cc(Nc4cc5n(n4)CC(=O)N(C)CC5)ncc3c(N)c2F)cnc2c1OCC(N)CO2. The zero-order chi connectivity index (χ0) is 26.6. The molecule has 1 amide bonds. The number of halogens is 1. The Hall–Kier alpha value is -4.45. The summed E-state index contributed by atoms with van der Waals surface area (Å²) < 4.78 is 28.7. The molecule has 0 saturated carbocycles. The third-order valence-corrected chi connectivity index (χ3v) is 6.95. The van der Waals surface area contributed by atoms with Crippen molar-refractivity contribution in [1.29, 1.82) is 0 Å². The topological polar surface area (TPSA) is 146 Å². The molecule has 11 nitrogen and oxygen atoms in total. The van der Waals surface area contributed by atoms with Crippen LogP contribution in [-0.2, 0) is 17.8 Å². The smallest absolute Gasteiger partial charge is 0.257 e. The maximum atomic E-state index is 15.5. The molecule has 196 valence electrons. The summed E-state index contributed by atoms with van der Waals surface area (Å²) >= 11 is 0. The van der Waals surface area contributed by atoms with Crippen LogP contribution in [0.2, 0.25) is 0 Å². The number of nitrogens with two attached hydrogens (primary N) is 2. The van der Waals surface area contributed by atoms with E-state index in [2.05, 4.69) is 20.4 Å². The lowest BCUT2D eigenvalue weighted by molar-refractivity contribution is -0.130. The van der Waals surface area contributed by atoms with Gasteiger partial charge in [0.05, 0.1) is 11.7 Å². The van der Waals surface area contributed by atoms with Crippen LogP contribution >= 0.6 is 0 Å². The molecule has 0 spiro atoms. The van der Waals surface area contributed by atoms with Gasteiger partial charge >= 0.3 is 0 Å². The van der Waals surface area contributed by atoms with Crippen LogP contribution in [0.3, 0.4) is 0 Å². The second kappa shape index (κ2) is 9.14. The summed E-state index contributed by atoms with van der Waals surface area (Å²) in [6.07, 6.45) is 3.78. The highest BCUT2D eigenvalue weighted by Gasteiger charge is 2.24. The van der Waals surface area contributed by atoms with E-state index in [-0.39, 0.29) is 43.0 Å². The highest BCUT2D eigenvalue weighted by Crippen LogP contribution is 2.40. The van der Waals surface area contributed by atoms with Crippen LogP contribution in [0, 0.1) is 12.7 Å². The minimum absolute atomic E-state index is 0.00894. The number of nitrogens with zero attached hydrogens (tertiary/aromatic N) is 5. The fourth-order valence-corrected chi connectivity index (χ4v) is 4.73. The molecule has 3 aromatic heterocycles. The first-order valence-corrected chi connectivity index (χ1v) is 12.2. The van der Waals surface area contributed by atoms with Crippen molar-refractivity contribution >= 4 is 34.0 Å². The lowest BCUT2D eigenvalue weighted by Crippen LogP contribution is -2.32. The number of carbonyl (C=O) groups excluding carboxylic acids is 1. The van der Waals surface area contributed by atoms with Crippen LogP contribution in [0.1, 0.15) is 11.3 Å². The summed E-state index contributed by atoms with van der Waals surface area (Å²) in [4.78, 5) is 22.7. The van der Waals surface area contributed by atoms with Gasteiger partial charge in [-0.3, -0.25) is 9.48 Å². The lowest BCUT2D eigenvalue weighted by Gasteiger charge is -2.15. The van der Waals surface area contributed by atoms with Crippen LogP contribution in [0.25, 0.3) is 21.9 Å². The van der Waals surface area contributed by atoms with Crippen LogP contribution in [0.4, 0.5) is 21.7 Å². The Morgan fingerprint density at radius 2 is 1.92 bits per heavy atom. The monoisotopic (exact) mass is 518 g/mol. The van der Waals surface area contributed by atoms with E-state index in [1.54, 1.807) is 35.0 Å². The summed E-state index contributed by atoms with van der Waals surface area (Å²) in [5.41, 5.74) is 14.6. The highest BCUT2D eigenvalue weighted by molar-refractivity contribution is 5.98. The second-order valence-corrected chi connectivity index (χ2v) is 9.62. The van der Waals surface area contributed by atoms with Crippen LogP contribution in [0.5, 0.6) is 11.6 Å². The van der Waals surface area contributed by atoms with Crippen molar-refractivity contribution in [1.82, 2.24) is 24.6 Å². The molecule has 5 N–H and O–H groups in total. The quantitative estimate of drug-likeness (QED) is 0.348. The van der Waals surface area contributed by atoms with Gasteiger partial charge in [-0.05, 0) is 24.4 Å². The van der Waals surface area contributed by atoms with Gasteiger partial charge in [-0.25, -0.2) is 14.4 Å². The van der Waals surface area contributed by atoms with E-state index in [0.717, 1.165) is 5.69 Å². The van der Waals surface area contributed by atoms with Crippen molar-refractivity contribution in [3.8, 4) is 22.8 Å². The Morgan fingerprint density at radius 3 is 2.76 bits per heavy atom. The fraction of sp³-hybridized carbons (Fsp3) is 0.308. The molecule has 0 saturated heterocycles. The van der Waals surface area contributed by atoms with Gasteiger partial charge in [-0.2, -0.15) is 5.10 Å². The number of fused-ring (bicyclic) bond motifs is 3. The highest BCUT2D eigenvalue weighted by atomic mass is 19.1. The van der Waals surface area contributed by atoms with Gasteiger partial charge in [0.25, 0.3) is 5.88 Å². The van der Waals surface area contributed by atoms with E-state index in [1.165, 1.54) is 6.20 Å². The molecule has 12 heteroatoms. The molecule has 0 radical (unpaired) electrons. The Kier molecular flexibility index (Phi) is 5.75. The van der Waals surface area contributed by atoms with Gasteiger partial charge in [0.2, 0.25) is 5.91 Å². The van der Waals surface area contributed by atoms with Gasteiger partial charge in [0, 0.05) is 66.2 Å². The van der Waals surface area contributed by atoms with Crippen molar-refractivity contribution in [2.24, 2.45) is 5.73 Å². The Morgan fingerprint density at radius 1 is 1.11 bits per heavy atom. The standard InChI is InChI=1S/C26H27FN8O3/c1-13-18(8-31-26-25(13)37-11-15(28)12-38-26)17-5-14-6-20(30-9-19(14)24(29)23(17)27)32-21-7-16-3-4-34(2)22(36)10-35(16)33-21/h5-9,15H,3-4,10-12,28-29H2,1-2H3,(H,30,32,33). The van der Waals surface area contributed by atoms with Crippen molar-refractivity contribution in [2.45, 2.75) is 25.9 Å². The number of ether oxygens (including phenoxy) is 2. The molecule has 38 heavy (non-hydrogen) atoms. The number of nitrogens with one attached hydrogen (secondary N) is 1. The zero-order valence-corrected chi connectivity index (χ0v) is 21.0. The van der Waals surface area contributed by atoms with Crippen LogP contribution in [0.15, 0.2) is 30.6 Å². The van der Waals surface area contributed by atoms with Crippen molar-refractivity contribution < 1.29 is 18.7 Å². The zero-order valence-electron chi connectivity index (χ0n) is 21.0. The predicted octanol–water partition coefficient (Wildman–Crippen LogP) is 2.38. The van der Waals surface area contributed by atoms with Crippen molar-refractivity contribution in [2.75, 3.05) is 37.9 Å². The number of hydrogen-bond donors (Lipinski definition) is 3. The minimum Gasteiger partial charge on any atom is -0.486 e. The molecule has 1 unspecified atom stereocenters. The molecule has 2 aliphatic rings. The summed E-state index contributed by atoms with van der Waals surface area (Å²) in [7, 11) is 1.79. The van der Waals surface area contributed by atoms with E-state index < -0.39 is 5.82 Å². The molecule has 2 aliphatic heterocycles. The molecule has 1 atom stereocenters. The van der Waals surface area contributed by atoms with Crippen LogP contribution in [-0.4, -0.2) is 63.4 Å². The minimum atomic E-state index is -0.566. The van der Waals surface area contributed by atoms with Gasteiger partial charge < -0.3 is 31.2 Å². The number of carbonyl (C=O) groups is 1. The summed E-state index contributed by atoms with van der Waals surface area (Å²) in [5, 5.41) is 8.88. The van der Waals surface area contributed by atoms with Crippen molar-refractivity contribution in [3.63, 3.8) is 0 Å². The molecular weight excluding hydrogens is 491 g/mol. The molecule has 1 aromatic carbocycles. The number of aromatic nitrogens is 4. The number of anilines is 3. The number of nitrogen functional groups attached to an aromatic ring is 1. The first-order valence-electron chi connectivity index (χ1n) is 12.2. The number of likely N-dealkylation sites (N-methyl/N-ethyl adjacent to an activating group) is 1. The van der Waals surface area contributed by atoms with Gasteiger partial charge in [0.15, 0.2) is 17.4 Å². The molecule has 0 fully saturated rings. The molecule has 5 heterocycles. The predicted molar refractivity (Wildman–Crippen MR) is 140 cm³/mol. The molecular formula is C26H27FN8O3. The normalized spacial score (nSPS) is 17.2. The maximum absolute atomic E-state index is 15.5. The summed E-state index contributed by atoms with van der Waals surface area (Å²) in [5.74, 6) is 1.29. The molecule has 4 aromatic rings. The summed E-state index contributed by atoms with van der Waals surface area (Å²) in [6, 6.07) is 5.11. The van der Waals surface area contributed by atoms with E-state index >= 15 is 4.39 Å². The third kappa shape index (κ3) is 4.12. The number of pyridine rings is 2. The average Bonchev–Trinajstić information content (AvgIpc) is 3.08. The molecule has 6 rings (SSSR count). The summed E-state index contributed by atoms with van der Waals surface area (Å²) in [6.45, 7) is 3.19. The third-order valence-electron chi connectivity index (χ3n) is 6.95. The lowest BCUT2D eigenvalue weighted by atomic mass is 9.97. The first kappa shape index (κ1) is 23.9. The average molecular weight is 519 g/mol. The number of hydrogen-bond acceptors (Lipinski definition) is 9. The second-order valence-electron chi connectivity index (χ2n) is 9.62. The number of rotatable bonds is 3. The largest absolute Gasteiger partial charge is 0.486 e. The maximum Gasteiger partial charge on any atom is 0.257 e. The molecule has 0 aliphatic carbocycles. The Balaban J connectivity index is 1.36. The van der Waals surface area contributed by atoms with E-state index in [0.29, 0.717) is 58.1 Å². The van der Waals surface area contributed by atoms with Crippen molar-refractivity contribution in [3.05, 3.63) is 47.7 Å². The fourth-order valence-electron chi connectivity index (χ4n) is 4.73. The number of benzene rings is 1. The van der Waals surface area contributed by atoms with Gasteiger partial charge in [0.1, 0.15) is 25.6 Å². The first-order chi connectivity index (χ1) is 18.3. The Labute approximate surface area is 217 Å². The van der Waals surface area contributed by atoms with E-state index in [9.17, 15) is 4.79 Å². The van der Waals surface area contributed by atoms with E-state index in [1.807, 2.05) is 13.0 Å². The Bertz CT molecular complexity index is 1590. The van der Waals surface area contributed by atoms with E-state index in [4.69, 9.17) is 20.9 Å². The molecule has 0 bridgehead atoms. The van der Waals surface area contributed by atoms with Gasteiger partial charge in [-0.1, -0.05) is 0 Å². The van der Waals surface area contributed by atoms with Crippen LogP contribution < -0.4 is 26.3 Å².